The van der Waals surface area contributed by atoms with Crippen LogP contribution in [0.5, 0.6) is 0 Å². The van der Waals surface area contributed by atoms with Gasteiger partial charge in [-0.25, -0.2) is 5.06 Å². The number of benzene rings is 1. The molecule has 0 radical (unpaired) electrons. The topological polar surface area (TPSA) is 69.6 Å². The van der Waals surface area contributed by atoms with Gasteiger partial charge in [-0.1, -0.05) is 12.0 Å². The van der Waals surface area contributed by atoms with Crippen LogP contribution in [0.15, 0.2) is 18.2 Å². The van der Waals surface area contributed by atoms with Crippen molar-refractivity contribution in [1.82, 2.24) is 10.4 Å². The predicted molar refractivity (Wildman–Crippen MR) is 84.8 cm³/mol. The minimum atomic E-state index is -0.467. The Balaban J connectivity index is 1.84. The number of nitrogens with zero attached hydrogens (tertiary/aromatic N) is 1. The van der Waals surface area contributed by atoms with Crippen molar-refractivity contribution in [2.75, 3.05) is 13.1 Å². The predicted octanol–water partition coefficient (Wildman–Crippen LogP) is 1.54. The standard InChI is InChI=1S/C18H20N2O3/c1-2-3-10-20(23)16(21)14-5-4-13-6-7-18(12-15(13)11-14)8-9-19-17(18)22/h4-5,11,23H,6-10,12H2,1H3,(H,19,22)/t18-/m0/s1. The van der Waals surface area contributed by atoms with Crippen LogP contribution in [0, 0.1) is 17.3 Å². The third-order valence-electron chi connectivity index (χ3n) is 4.87. The first-order chi connectivity index (χ1) is 11.1. The Bertz CT molecular complexity index is 717. The SMILES string of the molecule is CC#CCN(O)C(=O)c1ccc2c(c1)C[C@@]1(CCNC1=O)CC2. The molecule has 1 aromatic carbocycles. The molecule has 0 unspecified atom stereocenters. The highest BCUT2D eigenvalue weighted by molar-refractivity contribution is 5.94. The first kappa shape index (κ1) is 15.6. The molecule has 2 aliphatic rings. The summed E-state index contributed by atoms with van der Waals surface area (Å²) in [7, 11) is 0. The number of hydrogen-bond acceptors (Lipinski definition) is 3. The molecule has 5 heteroatoms. The molecule has 1 fully saturated rings. The number of hydroxylamine groups is 2. The second-order valence-corrected chi connectivity index (χ2v) is 6.24. The van der Waals surface area contributed by atoms with E-state index in [4.69, 9.17) is 0 Å². The van der Waals surface area contributed by atoms with Gasteiger partial charge in [0.1, 0.15) is 6.54 Å². The monoisotopic (exact) mass is 312 g/mol. The largest absolute Gasteiger partial charge is 0.356 e. The molecule has 1 atom stereocenters. The summed E-state index contributed by atoms with van der Waals surface area (Å²) in [4.78, 5) is 24.4. The van der Waals surface area contributed by atoms with Gasteiger partial charge < -0.3 is 5.32 Å². The summed E-state index contributed by atoms with van der Waals surface area (Å²) in [5.41, 5.74) is 2.33. The van der Waals surface area contributed by atoms with Crippen LogP contribution in [0.4, 0.5) is 0 Å². The molecule has 23 heavy (non-hydrogen) atoms. The van der Waals surface area contributed by atoms with Crippen LogP contribution in [-0.4, -0.2) is 35.2 Å². The Labute approximate surface area is 135 Å². The summed E-state index contributed by atoms with van der Waals surface area (Å²) in [5, 5.41) is 13.3. The van der Waals surface area contributed by atoms with Crippen LogP contribution in [0.25, 0.3) is 0 Å². The number of amides is 2. The van der Waals surface area contributed by atoms with E-state index in [1.54, 1.807) is 13.0 Å². The van der Waals surface area contributed by atoms with Gasteiger partial charge >= 0.3 is 0 Å². The van der Waals surface area contributed by atoms with Gasteiger partial charge in [0.15, 0.2) is 0 Å². The van der Waals surface area contributed by atoms with Gasteiger partial charge in [-0.3, -0.25) is 14.8 Å². The normalized spacial score (nSPS) is 22.1. The maximum absolute atomic E-state index is 12.2. The Morgan fingerprint density at radius 2 is 2.22 bits per heavy atom. The van der Waals surface area contributed by atoms with Crippen molar-refractivity contribution in [3.8, 4) is 11.8 Å². The molecule has 120 valence electrons. The van der Waals surface area contributed by atoms with E-state index in [2.05, 4.69) is 17.2 Å². The van der Waals surface area contributed by atoms with Gasteiger partial charge in [0.2, 0.25) is 5.91 Å². The van der Waals surface area contributed by atoms with Crippen LogP contribution < -0.4 is 5.32 Å². The van der Waals surface area contributed by atoms with Crippen LogP contribution in [0.3, 0.4) is 0 Å². The van der Waals surface area contributed by atoms with Crippen LogP contribution in [0.1, 0.15) is 41.3 Å². The van der Waals surface area contributed by atoms with E-state index < -0.39 is 5.91 Å². The number of nitrogens with one attached hydrogen (secondary N) is 1. The number of hydrogen-bond donors (Lipinski definition) is 2. The minimum absolute atomic E-state index is 0.0151. The van der Waals surface area contributed by atoms with Gasteiger partial charge in [-0.15, -0.1) is 5.92 Å². The number of aryl methyl sites for hydroxylation is 1. The Kier molecular flexibility index (Phi) is 4.10. The average molecular weight is 312 g/mol. The maximum atomic E-state index is 12.2. The van der Waals surface area contributed by atoms with Gasteiger partial charge in [0.25, 0.3) is 5.91 Å². The van der Waals surface area contributed by atoms with E-state index in [9.17, 15) is 14.8 Å². The third-order valence-corrected chi connectivity index (χ3v) is 4.87. The Hall–Kier alpha value is -2.32. The number of rotatable bonds is 2. The highest BCUT2D eigenvalue weighted by Gasteiger charge is 2.44. The summed E-state index contributed by atoms with van der Waals surface area (Å²) in [6.45, 7) is 2.37. The zero-order valence-electron chi connectivity index (χ0n) is 13.2. The fraction of sp³-hybridized carbons (Fsp3) is 0.444. The van der Waals surface area contributed by atoms with Crippen molar-refractivity contribution in [3.05, 3.63) is 34.9 Å². The summed E-state index contributed by atoms with van der Waals surface area (Å²) in [6, 6.07) is 5.48. The van der Waals surface area contributed by atoms with Gasteiger partial charge in [0.05, 0.1) is 5.41 Å². The second kappa shape index (κ2) is 6.05. The molecule has 1 aromatic rings. The number of carbonyl (C=O) groups is 2. The van der Waals surface area contributed by atoms with Gasteiger partial charge in [-0.05, 0) is 55.9 Å². The molecule has 5 nitrogen and oxygen atoms in total. The van der Waals surface area contributed by atoms with Crippen LogP contribution >= 0.6 is 0 Å². The lowest BCUT2D eigenvalue weighted by Crippen LogP contribution is -2.36. The Morgan fingerprint density at radius 3 is 2.91 bits per heavy atom. The summed E-state index contributed by atoms with van der Waals surface area (Å²) < 4.78 is 0. The summed E-state index contributed by atoms with van der Waals surface area (Å²) in [6.07, 6.45) is 3.22. The molecule has 1 heterocycles. The molecule has 1 aliphatic carbocycles. The first-order valence-corrected chi connectivity index (χ1v) is 7.86. The average Bonchev–Trinajstić information content (AvgIpc) is 2.91. The molecular formula is C18H20N2O3. The lowest BCUT2D eigenvalue weighted by molar-refractivity contribution is -0.128. The third kappa shape index (κ3) is 2.82. The van der Waals surface area contributed by atoms with Gasteiger partial charge in [0, 0.05) is 12.1 Å². The molecule has 1 spiro atoms. The van der Waals surface area contributed by atoms with Crippen molar-refractivity contribution in [1.29, 1.82) is 0 Å². The first-order valence-electron chi connectivity index (χ1n) is 7.86. The molecule has 0 aromatic heterocycles. The molecule has 1 aliphatic heterocycles. The van der Waals surface area contributed by atoms with Crippen molar-refractivity contribution >= 4 is 11.8 Å². The second-order valence-electron chi connectivity index (χ2n) is 6.24. The van der Waals surface area contributed by atoms with Gasteiger partial charge in [-0.2, -0.15) is 0 Å². The van der Waals surface area contributed by atoms with E-state index in [1.807, 2.05) is 12.1 Å². The van der Waals surface area contributed by atoms with Crippen molar-refractivity contribution in [2.24, 2.45) is 5.41 Å². The molecule has 1 saturated heterocycles. The fourth-order valence-corrected chi connectivity index (χ4v) is 3.49. The zero-order chi connectivity index (χ0) is 16.4. The maximum Gasteiger partial charge on any atom is 0.278 e. The summed E-state index contributed by atoms with van der Waals surface area (Å²) >= 11 is 0. The lowest BCUT2D eigenvalue weighted by Gasteiger charge is -2.32. The molecule has 0 bridgehead atoms. The smallest absolute Gasteiger partial charge is 0.278 e. The van der Waals surface area contributed by atoms with Crippen molar-refractivity contribution < 1.29 is 14.8 Å². The highest BCUT2D eigenvalue weighted by Crippen LogP contribution is 2.41. The quantitative estimate of drug-likeness (QED) is 0.494. The van der Waals surface area contributed by atoms with E-state index in [0.717, 1.165) is 31.4 Å². The molecule has 2 N–H and O–H groups in total. The van der Waals surface area contributed by atoms with E-state index in [-0.39, 0.29) is 17.9 Å². The zero-order valence-corrected chi connectivity index (χ0v) is 13.2. The number of carbonyl (C=O) groups excluding carboxylic acids is 2. The molecule has 0 saturated carbocycles. The van der Waals surface area contributed by atoms with Crippen LogP contribution in [0.2, 0.25) is 0 Å². The van der Waals surface area contributed by atoms with E-state index in [0.29, 0.717) is 17.0 Å². The van der Waals surface area contributed by atoms with Crippen molar-refractivity contribution in [2.45, 2.75) is 32.6 Å². The van der Waals surface area contributed by atoms with Crippen molar-refractivity contribution in [3.63, 3.8) is 0 Å². The van der Waals surface area contributed by atoms with E-state index in [1.165, 1.54) is 5.56 Å². The van der Waals surface area contributed by atoms with Crippen LogP contribution in [-0.2, 0) is 17.6 Å². The molecular weight excluding hydrogens is 292 g/mol. The molecule has 3 rings (SSSR count). The van der Waals surface area contributed by atoms with E-state index >= 15 is 0 Å². The molecule has 2 amide bonds. The lowest BCUT2D eigenvalue weighted by atomic mass is 9.70. The number of fused-ring (bicyclic) bond motifs is 1. The Morgan fingerprint density at radius 1 is 1.39 bits per heavy atom. The summed E-state index contributed by atoms with van der Waals surface area (Å²) in [5.74, 6) is 4.96. The minimum Gasteiger partial charge on any atom is -0.356 e. The highest BCUT2D eigenvalue weighted by atomic mass is 16.5. The fourth-order valence-electron chi connectivity index (χ4n) is 3.49.